The molecule has 4 nitrogen and oxygen atoms in total. The van der Waals surface area contributed by atoms with Crippen LogP contribution in [0.15, 0.2) is 18.2 Å². The molecule has 0 radical (unpaired) electrons. The first-order chi connectivity index (χ1) is 8.46. The van der Waals surface area contributed by atoms with Crippen molar-refractivity contribution in [3.63, 3.8) is 0 Å². The normalized spacial score (nSPS) is 11.4. The van der Waals surface area contributed by atoms with Gasteiger partial charge in [0.1, 0.15) is 11.5 Å². The van der Waals surface area contributed by atoms with Gasteiger partial charge in [-0.1, -0.05) is 6.07 Å². The molecule has 0 aliphatic rings. The van der Waals surface area contributed by atoms with Crippen LogP contribution >= 0.6 is 0 Å². The van der Waals surface area contributed by atoms with E-state index in [9.17, 15) is 0 Å². The van der Waals surface area contributed by atoms with Crippen LogP contribution in [0.2, 0.25) is 0 Å². The van der Waals surface area contributed by atoms with Crippen LogP contribution in [-0.2, 0) is 6.42 Å². The Morgan fingerprint density at radius 2 is 1.94 bits per heavy atom. The maximum absolute atomic E-state index is 5.91. The molecule has 0 saturated heterocycles. The van der Waals surface area contributed by atoms with Crippen molar-refractivity contribution in [1.29, 1.82) is 0 Å². The highest BCUT2D eigenvalue weighted by molar-refractivity contribution is 5.40. The molecule has 0 aliphatic carbocycles. The molecule has 3 N–H and O–H groups in total. The SMILES string of the molecule is COc1ccc(CCNCC(C)(C)N)c(OC)c1. The third-order valence-electron chi connectivity index (χ3n) is 2.65. The van der Waals surface area contributed by atoms with Crippen molar-refractivity contribution in [3.8, 4) is 11.5 Å². The molecule has 0 heterocycles. The van der Waals surface area contributed by atoms with Gasteiger partial charge in [0.15, 0.2) is 0 Å². The number of nitrogens with two attached hydrogens (primary N) is 1. The molecule has 0 amide bonds. The first kappa shape index (κ1) is 14.8. The summed E-state index contributed by atoms with van der Waals surface area (Å²) in [4.78, 5) is 0. The van der Waals surface area contributed by atoms with E-state index in [1.807, 2.05) is 32.0 Å². The van der Waals surface area contributed by atoms with Gasteiger partial charge in [-0.05, 0) is 38.4 Å². The summed E-state index contributed by atoms with van der Waals surface area (Å²) in [7, 11) is 3.33. The molecular formula is C14H24N2O2. The molecule has 102 valence electrons. The minimum atomic E-state index is -0.177. The molecule has 18 heavy (non-hydrogen) atoms. The topological polar surface area (TPSA) is 56.5 Å². The van der Waals surface area contributed by atoms with Crippen LogP contribution in [-0.4, -0.2) is 32.8 Å². The summed E-state index contributed by atoms with van der Waals surface area (Å²) in [5.41, 5.74) is 6.90. The summed E-state index contributed by atoms with van der Waals surface area (Å²) < 4.78 is 10.5. The van der Waals surface area contributed by atoms with Crippen molar-refractivity contribution in [1.82, 2.24) is 5.32 Å². The second kappa shape index (κ2) is 6.61. The van der Waals surface area contributed by atoms with E-state index in [1.165, 1.54) is 5.56 Å². The maximum Gasteiger partial charge on any atom is 0.125 e. The predicted molar refractivity (Wildman–Crippen MR) is 74.4 cm³/mol. The zero-order chi connectivity index (χ0) is 13.6. The molecule has 0 aromatic heterocycles. The van der Waals surface area contributed by atoms with E-state index in [4.69, 9.17) is 15.2 Å². The zero-order valence-corrected chi connectivity index (χ0v) is 11.7. The van der Waals surface area contributed by atoms with Gasteiger partial charge >= 0.3 is 0 Å². The average molecular weight is 252 g/mol. The highest BCUT2D eigenvalue weighted by atomic mass is 16.5. The number of ether oxygens (including phenoxy) is 2. The van der Waals surface area contributed by atoms with Gasteiger partial charge in [0.2, 0.25) is 0 Å². The van der Waals surface area contributed by atoms with E-state index in [0.717, 1.165) is 31.0 Å². The molecule has 0 bridgehead atoms. The fourth-order valence-electron chi connectivity index (χ4n) is 1.69. The van der Waals surface area contributed by atoms with E-state index in [2.05, 4.69) is 5.32 Å². The number of methoxy groups -OCH3 is 2. The Kier molecular flexibility index (Phi) is 5.44. The van der Waals surface area contributed by atoms with Crippen molar-refractivity contribution in [2.24, 2.45) is 5.73 Å². The second-order valence-electron chi connectivity index (χ2n) is 5.09. The molecular weight excluding hydrogens is 228 g/mol. The van der Waals surface area contributed by atoms with E-state index in [1.54, 1.807) is 14.2 Å². The lowest BCUT2D eigenvalue weighted by atomic mass is 10.1. The largest absolute Gasteiger partial charge is 0.497 e. The summed E-state index contributed by atoms with van der Waals surface area (Å²) in [5, 5.41) is 3.34. The van der Waals surface area contributed by atoms with Gasteiger partial charge in [-0.25, -0.2) is 0 Å². The van der Waals surface area contributed by atoms with E-state index >= 15 is 0 Å². The summed E-state index contributed by atoms with van der Waals surface area (Å²) in [6, 6.07) is 5.89. The first-order valence-corrected chi connectivity index (χ1v) is 6.17. The summed E-state index contributed by atoms with van der Waals surface area (Å²) in [6.07, 6.45) is 0.906. The van der Waals surface area contributed by atoms with Crippen molar-refractivity contribution in [3.05, 3.63) is 23.8 Å². The Labute approximate surface area is 109 Å². The van der Waals surface area contributed by atoms with Crippen LogP contribution in [0.25, 0.3) is 0 Å². The lowest BCUT2D eigenvalue weighted by molar-refractivity contribution is 0.390. The van der Waals surface area contributed by atoms with Gasteiger partial charge in [0.05, 0.1) is 14.2 Å². The lowest BCUT2D eigenvalue weighted by Gasteiger charge is -2.19. The van der Waals surface area contributed by atoms with E-state index < -0.39 is 0 Å². The third-order valence-corrected chi connectivity index (χ3v) is 2.65. The second-order valence-corrected chi connectivity index (χ2v) is 5.09. The summed E-state index contributed by atoms with van der Waals surface area (Å²) in [5.74, 6) is 1.68. The lowest BCUT2D eigenvalue weighted by Crippen LogP contribution is -2.43. The molecule has 1 aromatic carbocycles. The fourth-order valence-corrected chi connectivity index (χ4v) is 1.69. The monoisotopic (exact) mass is 252 g/mol. The van der Waals surface area contributed by atoms with Gasteiger partial charge in [-0.15, -0.1) is 0 Å². The maximum atomic E-state index is 5.91. The van der Waals surface area contributed by atoms with Gasteiger partial charge in [0.25, 0.3) is 0 Å². The first-order valence-electron chi connectivity index (χ1n) is 6.17. The molecule has 1 aromatic rings. The molecule has 0 saturated carbocycles. The number of rotatable bonds is 7. The van der Waals surface area contributed by atoms with Gasteiger partial charge in [-0.2, -0.15) is 0 Å². The van der Waals surface area contributed by atoms with Crippen molar-refractivity contribution < 1.29 is 9.47 Å². The minimum Gasteiger partial charge on any atom is -0.497 e. The van der Waals surface area contributed by atoms with Crippen LogP contribution in [0.3, 0.4) is 0 Å². The highest BCUT2D eigenvalue weighted by Crippen LogP contribution is 2.24. The van der Waals surface area contributed by atoms with Gasteiger partial charge in [-0.3, -0.25) is 0 Å². The third kappa shape index (κ3) is 4.94. The standard InChI is InChI=1S/C14H24N2O2/c1-14(2,15)10-16-8-7-11-5-6-12(17-3)9-13(11)18-4/h5-6,9,16H,7-8,10,15H2,1-4H3. The summed E-state index contributed by atoms with van der Waals surface area (Å²) in [6.45, 7) is 5.69. The zero-order valence-electron chi connectivity index (χ0n) is 11.7. The van der Waals surface area contributed by atoms with E-state index in [-0.39, 0.29) is 5.54 Å². The van der Waals surface area contributed by atoms with Crippen molar-refractivity contribution in [2.75, 3.05) is 27.3 Å². The number of benzene rings is 1. The Hall–Kier alpha value is -1.26. The average Bonchev–Trinajstić information content (AvgIpc) is 2.33. The fraction of sp³-hybridized carbons (Fsp3) is 0.571. The summed E-state index contributed by atoms with van der Waals surface area (Å²) >= 11 is 0. The smallest absolute Gasteiger partial charge is 0.125 e. The Bertz CT molecular complexity index is 373. The van der Waals surface area contributed by atoms with Crippen molar-refractivity contribution >= 4 is 0 Å². The quantitative estimate of drug-likeness (QED) is 0.723. The van der Waals surface area contributed by atoms with E-state index in [0.29, 0.717) is 0 Å². The van der Waals surface area contributed by atoms with Crippen molar-refractivity contribution in [2.45, 2.75) is 25.8 Å². The van der Waals surface area contributed by atoms with Crippen LogP contribution < -0.4 is 20.5 Å². The van der Waals surface area contributed by atoms with Crippen LogP contribution in [0.4, 0.5) is 0 Å². The Morgan fingerprint density at radius 3 is 2.50 bits per heavy atom. The Morgan fingerprint density at radius 1 is 1.22 bits per heavy atom. The van der Waals surface area contributed by atoms with Gasteiger partial charge < -0.3 is 20.5 Å². The molecule has 0 atom stereocenters. The molecule has 4 heteroatoms. The number of hydrogen-bond donors (Lipinski definition) is 2. The van der Waals surface area contributed by atoms with Crippen LogP contribution in [0.1, 0.15) is 19.4 Å². The number of nitrogens with one attached hydrogen (secondary N) is 1. The highest BCUT2D eigenvalue weighted by Gasteiger charge is 2.09. The van der Waals surface area contributed by atoms with Crippen LogP contribution in [0.5, 0.6) is 11.5 Å². The molecule has 0 unspecified atom stereocenters. The predicted octanol–water partition coefficient (Wildman–Crippen LogP) is 1.57. The molecule has 0 fully saturated rings. The number of hydrogen-bond acceptors (Lipinski definition) is 4. The minimum absolute atomic E-state index is 0.177. The van der Waals surface area contributed by atoms with Gasteiger partial charge in [0, 0.05) is 18.2 Å². The Balaban J connectivity index is 2.51. The van der Waals surface area contributed by atoms with Crippen LogP contribution in [0, 0.1) is 0 Å². The molecule has 0 spiro atoms. The molecule has 1 rings (SSSR count). The molecule has 0 aliphatic heterocycles.